The summed E-state index contributed by atoms with van der Waals surface area (Å²) in [6, 6.07) is 4.47. The van der Waals surface area contributed by atoms with Crippen molar-refractivity contribution in [2.75, 3.05) is 10.6 Å². The fourth-order valence-corrected chi connectivity index (χ4v) is 1.92. The smallest absolute Gasteiger partial charge is 0.228 e. The molecule has 2 fully saturated rings. The van der Waals surface area contributed by atoms with E-state index in [1.807, 2.05) is 12.1 Å². The van der Waals surface area contributed by atoms with Gasteiger partial charge in [0, 0.05) is 12.0 Å². The molecule has 2 saturated carbocycles. The molecule has 17 heavy (non-hydrogen) atoms. The zero-order valence-corrected chi connectivity index (χ0v) is 9.78. The van der Waals surface area contributed by atoms with E-state index in [2.05, 4.69) is 15.6 Å². The molecule has 4 heteroatoms. The summed E-state index contributed by atoms with van der Waals surface area (Å²) in [5, 5.41) is 6.23. The first-order valence-electron chi connectivity index (χ1n) is 6.35. The van der Waals surface area contributed by atoms with Gasteiger partial charge in [0.25, 0.3) is 0 Å². The third-order valence-electron chi connectivity index (χ3n) is 3.44. The predicted octanol–water partition coefficient (Wildman–Crippen LogP) is 2.39. The lowest BCUT2D eigenvalue weighted by atomic mass is 9.85. The van der Waals surface area contributed by atoms with Gasteiger partial charge in [-0.05, 0) is 37.8 Å². The second-order valence-corrected chi connectivity index (χ2v) is 4.97. The second-order valence-electron chi connectivity index (χ2n) is 4.97. The molecule has 1 heterocycles. The van der Waals surface area contributed by atoms with Crippen LogP contribution < -0.4 is 10.6 Å². The van der Waals surface area contributed by atoms with Crippen LogP contribution in [-0.2, 0) is 4.79 Å². The highest BCUT2D eigenvalue weighted by Gasteiger charge is 2.25. The molecule has 1 aromatic rings. The summed E-state index contributed by atoms with van der Waals surface area (Å²) in [7, 11) is 0. The number of nitrogens with one attached hydrogen (secondary N) is 2. The number of rotatable bonds is 4. The molecular formula is C13H17N3O. The minimum absolute atomic E-state index is 0.117. The van der Waals surface area contributed by atoms with Crippen LogP contribution in [0.5, 0.6) is 0 Å². The molecule has 3 rings (SSSR count). The van der Waals surface area contributed by atoms with Crippen molar-refractivity contribution in [3.05, 3.63) is 18.3 Å². The Hall–Kier alpha value is -1.58. The van der Waals surface area contributed by atoms with E-state index in [1.54, 1.807) is 6.20 Å². The summed E-state index contributed by atoms with van der Waals surface area (Å²) in [6.07, 6.45) is 7.51. The van der Waals surface area contributed by atoms with Crippen LogP contribution in [0.3, 0.4) is 0 Å². The quantitative estimate of drug-likeness (QED) is 0.836. The summed E-state index contributed by atoms with van der Waals surface area (Å²) in [4.78, 5) is 15.9. The first-order chi connectivity index (χ1) is 8.31. The molecule has 2 aliphatic carbocycles. The number of pyridine rings is 1. The number of anilines is 2. The minimum atomic E-state index is 0.117. The molecular weight excluding hydrogens is 214 g/mol. The van der Waals surface area contributed by atoms with Crippen LogP contribution in [0.4, 0.5) is 11.5 Å². The van der Waals surface area contributed by atoms with E-state index in [-0.39, 0.29) is 11.8 Å². The van der Waals surface area contributed by atoms with E-state index < -0.39 is 0 Å². The van der Waals surface area contributed by atoms with Crippen molar-refractivity contribution in [2.24, 2.45) is 5.92 Å². The fourth-order valence-electron chi connectivity index (χ4n) is 1.92. The average Bonchev–Trinajstić information content (AvgIpc) is 3.02. The molecule has 90 valence electrons. The summed E-state index contributed by atoms with van der Waals surface area (Å²) in [6.45, 7) is 0. The first kappa shape index (κ1) is 10.6. The molecule has 0 saturated heterocycles. The standard InChI is InChI=1S/C13H17N3O/c17-13(9-2-1-3-9)16-12-7-6-11(8-14-12)15-10-4-5-10/h6-10,15H,1-5H2,(H,14,16,17). The predicted molar refractivity (Wildman–Crippen MR) is 66.9 cm³/mol. The monoisotopic (exact) mass is 231 g/mol. The van der Waals surface area contributed by atoms with E-state index in [0.717, 1.165) is 18.5 Å². The average molecular weight is 231 g/mol. The van der Waals surface area contributed by atoms with Gasteiger partial charge in [-0.2, -0.15) is 0 Å². The van der Waals surface area contributed by atoms with Gasteiger partial charge in [-0.15, -0.1) is 0 Å². The van der Waals surface area contributed by atoms with Gasteiger partial charge in [-0.1, -0.05) is 6.42 Å². The normalized spacial score (nSPS) is 19.5. The van der Waals surface area contributed by atoms with Gasteiger partial charge in [0.15, 0.2) is 0 Å². The highest BCUT2D eigenvalue weighted by molar-refractivity contribution is 5.92. The van der Waals surface area contributed by atoms with E-state index in [9.17, 15) is 4.79 Å². The molecule has 0 aromatic carbocycles. The Morgan fingerprint density at radius 3 is 2.59 bits per heavy atom. The number of hydrogen-bond acceptors (Lipinski definition) is 3. The maximum Gasteiger partial charge on any atom is 0.228 e. The fraction of sp³-hybridized carbons (Fsp3) is 0.538. The van der Waals surface area contributed by atoms with Crippen LogP contribution >= 0.6 is 0 Å². The summed E-state index contributed by atoms with van der Waals surface area (Å²) >= 11 is 0. The zero-order valence-electron chi connectivity index (χ0n) is 9.78. The molecule has 1 amide bonds. The molecule has 0 spiro atoms. The Kier molecular flexibility index (Phi) is 2.71. The number of hydrogen-bond donors (Lipinski definition) is 2. The Labute approximate surface area is 101 Å². The van der Waals surface area contributed by atoms with E-state index in [4.69, 9.17) is 0 Å². The Bertz CT molecular complexity index is 407. The van der Waals surface area contributed by atoms with Gasteiger partial charge in [-0.25, -0.2) is 4.98 Å². The lowest BCUT2D eigenvalue weighted by Crippen LogP contribution is -2.28. The van der Waals surface area contributed by atoms with Crippen LogP contribution in [-0.4, -0.2) is 16.9 Å². The van der Waals surface area contributed by atoms with Gasteiger partial charge < -0.3 is 10.6 Å². The highest BCUT2D eigenvalue weighted by Crippen LogP contribution is 2.28. The number of carbonyl (C=O) groups excluding carboxylic acids is 1. The van der Waals surface area contributed by atoms with Crippen LogP contribution in [0.1, 0.15) is 32.1 Å². The third kappa shape index (κ3) is 2.57. The lowest BCUT2D eigenvalue weighted by Gasteiger charge is -2.23. The van der Waals surface area contributed by atoms with Gasteiger partial charge in [0.2, 0.25) is 5.91 Å². The van der Waals surface area contributed by atoms with Crippen molar-refractivity contribution in [1.82, 2.24) is 4.98 Å². The number of carbonyl (C=O) groups is 1. The number of aromatic nitrogens is 1. The minimum Gasteiger partial charge on any atom is -0.381 e. The van der Waals surface area contributed by atoms with Crippen molar-refractivity contribution in [3.63, 3.8) is 0 Å². The van der Waals surface area contributed by atoms with Crippen molar-refractivity contribution in [3.8, 4) is 0 Å². The maximum absolute atomic E-state index is 11.7. The largest absolute Gasteiger partial charge is 0.381 e. The lowest BCUT2D eigenvalue weighted by molar-refractivity contribution is -0.122. The summed E-state index contributed by atoms with van der Waals surface area (Å²) in [5.74, 6) is 0.982. The van der Waals surface area contributed by atoms with Crippen LogP contribution in [0.25, 0.3) is 0 Å². The SMILES string of the molecule is O=C(Nc1ccc(NC2CC2)cn1)C1CCC1. The van der Waals surface area contributed by atoms with E-state index in [1.165, 1.54) is 19.3 Å². The van der Waals surface area contributed by atoms with Crippen LogP contribution in [0.2, 0.25) is 0 Å². The van der Waals surface area contributed by atoms with Gasteiger partial charge in [-0.3, -0.25) is 4.79 Å². The van der Waals surface area contributed by atoms with Crippen LogP contribution in [0, 0.1) is 5.92 Å². The van der Waals surface area contributed by atoms with Crippen LogP contribution in [0.15, 0.2) is 18.3 Å². The molecule has 2 aliphatic rings. The van der Waals surface area contributed by atoms with Crippen molar-refractivity contribution >= 4 is 17.4 Å². The van der Waals surface area contributed by atoms with Gasteiger partial charge in [0.05, 0.1) is 11.9 Å². The Balaban J connectivity index is 1.56. The Morgan fingerprint density at radius 1 is 1.24 bits per heavy atom. The molecule has 2 N–H and O–H groups in total. The first-order valence-corrected chi connectivity index (χ1v) is 6.35. The van der Waals surface area contributed by atoms with Gasteiger partial charge in [0.1, 0.15) is 5.82 Å². The highest BCUT2D eigenvalue weighted by atomic mass is 16.2. The van der Waals surface area contributed by atoms with Crippen molar-refractivity contribution in [1.29, 1.82) is 0 Å². The summed E-state index contributed by atoms with van der Waals surface area (Å²) < 4.78 is 0. The molecule has 0 bridgehead atoms. The van der Waals surface area contributed by atoms with E-state index >= 15 is 0 Å². The van der Waals surface area contributed by atoms with Crippen molar-refractivity contribution < 1.29 is 4.79 Å². The number of amides is 1. The third-order valence-corrected chi connectivity index (χ3v) is 3.44. The maximum atomic E-state index is 11.7. The topological polar surface area (TPSA) is 54.0 Å². The second kappa shape index (κ2) is 4.35. The summed E-state index contributed by atoms with van der Waals surface area (Å²) in [5.41, 5.74) is 1.04. The van der Waals surface area contributed by atoms with E-state index in [0.29, 0.717) is 11.9 Å². The molecule has 0 radical (unpaired) electrons. The molecule has 0 atom stereocenters. The molecule has 1 aromatic heterocycles. The van der Waals surface area contributed by atoms with Gasteiger partial charge >= 0.3 is 0 Å². The van der Waals surface area contributed by atoms with Crippen molar-refractivity contribution in [2.45, 2.75) is 38.1 Å². The zero-order chi connectivity index (χ0) is 11.7. The number of nitrogens with zero attached hydrogens (tertiary/aromatic N) is 1. The molecule has 0 unspecified atom stereocenters. The Morgan fingerprint density at radius 2 is 2.06 bits per heavy atom. The molecule has 4 nitrogen and oxygen atoms in total. The molecule has 0 aliphatic heterocycles.